The van der Waals surface area contributed by atoms with Crippen molar-refractivity contribution < 1.29 is 9.53 Å². The number of methoxy groups -OCH3 is 1. The second-order valence-corrected chi connectivity index (χ2v) is 8.35. The zero-order valence-electron chi connectivity index (χ0n) is 18.2. The number of rotatable bonds is 7. The number of nitrogens with one attached hydrogen (secondary N) is 3. The van der Waals surface area contributed by atoms with Crippen LogP contribution in [0.3, 0.4) is 0 Å². The van der Waals surface area contributed by atoms with Crippen LogP contribution >= 0.6 is 0 Å². The zero-order valence-corrected chi connectivity index (χ0v) is 18.2. The van der Waals surface area contributed by atoms with E-state index in [2.05, 4.69) is 26.0 Å². The fourth-order valence-corrected chi connectivity index (χ4v) is 4.36. The molecule has 10 heteroatoms. The highest BCUT2D eigenvalue weighted by Crippen LogP contribution is 2.31. The van der Waals surface area contributed by atoms with E-state index in [1.54, 1.807) is 35.4 Å². The summed E-state index contributed by atoms with van der Waals surface area (Å²) in [6, 6.07) is 5.59. The molecule has 2 aliphatic carbocycles. The number of pyridine rings is 1. The molecule has 3 N–H and O–H groups in total. The van der Waals surface area contributed by atoms with Crippen LogP contribution in [0.5, 0.6) is 0 Å². The van der Waals surface area contributed by atoms with Crippen molar-refractivity contribution in [2.75, 3.05) is 24.8 Å². The van der Waals surface area contributed by atoms with Gasteiger partial charge in [0.25, 0.3) is 11.5 Å². The number of hydrogen-bond acceptors (Lipinski definition) is 7. The summed E-state index contributed by atoms with van der Waals surface area (Å²) in [5.74, 6) is 0.907. The second-order valence-electron chi connectivity index (χ2n) is 8.35. The Labute approximate surface area is 185 Å². The molecular weight excluding hydrogens is 410 g/mol. The Hall–Kier alpha value is -3.40. The van der Waals surface area contributed by atoms with Gasteiger partial charge < -0.3 is 25.3 Å². The highest BCUT2D eigenvalue weighted by molar-refractivity contribution is 6.00. The van der Waals surface area contributed by atoms with Crippen molar-refractivity contribution in [3.63, 3.8) is 0 Å². The van der Waals surface area contributed by atoms with Crippen molar-refractivity contribution in [1.29, 1.82) is 0 Å². The van der Waals surface area contributed by atoms with Crippen LogP contribution in [-0.4, -0.2) is 51.4 Å². The first-order valence-corrected chi connectivity index (χ1v) is 11.0. The van der Waals surface area contributed by atoms with Crippen molar-refractivity contribution in [3.8, 4) is 0 Å². The Morgan fingerprint density at radius 2 is 2.09 bits per heavy atom. The third-order valence-electron chi connectivity index (χ3n) is 6.20. The SMILES string of the molecule is CNc1cc(Nc2cccn([C@H]3CCC[C@@H]3OC)c2=O)nc2c(C(=O)NC3CC3)cnn12. The maximum atomic E-state index is 13.2. The van der Waals surface area contributed by atoms with Crippen LogP contribution in [0.2, 0.25) is 0 Å². The maximum Gasteiger partial charge on any atom is 0.274 e. The molecule has 0 bridgehead atoms. The Balaban J connectivity index is 1.49. The van der Waals surface area contributed by atoms with Crippen LogP contribution in [0.25, 0.3) is 5.65 Å². The topological polar surface area (TPSA) is 115 Å². The van der Waals surface area contributed by atoms with Gasteiger partial charge in [0.1, 0.15) is 22.9 Å². The van der Waals surface area contributed by atoms with Crippen molar-refractivity contribution in [2.24, 2.45) is 0 Å². The van der Waals surface area contributed by atoms with Gasteiger partial charge in [0.15, 0.2) is 5.65 Å². The van der Waals surface area contributed by atoms with E-state index in [0.29, 0.717) is 28.5 Å². The Morgan fingerprint density at radius 1 is 1.25 bits per heavy atom. The lowest BCUT2D eigenvalue weighted by Crippen LogP contribution is -2.30. The first-order valence-electron chi connectivity index (χ1n) is 11.0. The molecule has 3 aromatic heterocycles. The molecule has 2 atom stereocenters. The molecule has 0 unspecified atom stereocenters. The van der Waals surface area contributed by atoms with Crippen molar-refractivity contribution in [3.05, 3.63) is 46.5 Å². The van der Waals surface area contributed by atoms with Crippen LogP contribution < -0.4 is 21.5 Å². The van der Waals surface area contributed by atoms with E-state index in [4.69, 9.17) is 4.74 Å². The van der Waals surface area contributed by atoms with Crippen LogP contribution in [0.1, 0.15) is 48.5 Å². The number of fused-ring (bicyclic) bond motifs is 1. The molecule has 2 fully saturated rings. The number of ether oxygens (including phenoxy) is 1. The molecule has 168 valence electrons. The molecule has 2 aliphatic rings. The van der Waals surface area contributed by atoms with Gasteiger partial charge in [0, 0.05) is 32.5 Å². The molecule has 0 aromatic carbocycles. The van der Waals surface area contributed by atoms with Gasteiger partial charge in [-0.05, 0) is 44.2 Å². The molecule has 5 rings (SSSR count). The minimum absolute atomic E-state index is 0.0186. The lowest BCUT2D eigenvalue weighted by molar-refractivity contribution is 0.0739. The van der Waals surface area contributed by atoms with Gasteiger partial charge in [0.2, 0.25) is 0 Å². The van der Waals surface area contributed by atoms with E-state index in [0.717, 1.165) is 32.1 Å². The third-order valence-corrected chi connectivity index (χ3v) is 6.20. The molecule has 3 aromatic rings. The predicted molar refractivity (Wildman–Crippen MR) is 121 cm³/mol. The summed E-state index contributed by atoms with van der Waals surface area (Å²) in [7, 11) is 3.46. The quantitative estimate of drug-likeness (QED) is 0.520. The summed E-state index contributed by atoms with van der Waals surface area (Å²) in [5.41, 5.74) is 1.10. The number of carbonyl (C=O) groups excluding carboxylic acids is 1. The molecule has 10 nitrogen and oxygen atoms in total. The summed E-state index contributed by atoms with van der Waals surface area (Å²) >= 11 is 0. The predicted octanol–water partition coefficient (Wildman–Crippen LogP) is 2.31. The number of carbonyl (C=O) groups is 1. The summed E-state index contributed by atoms with van der Waals surface area (Å²) < 4.78 is 8.91. The van der Waals surface area contributed by atoms with E-state index in [-0.39, 0.29) is 29.7 Å². The number of nitrogens with zero attached hydrogens (tertiary/aromatic N) is 4. The molecular formula is C22H27N7O3. The fourth-order valence-electron chi connectivity index (χ4n) is 4.36. The van der Waals surface area contributed by atoms with E-state index < -0.39 is 0 Å². The van der Waals surface area contributed by atoms with E-state index in [1.807, 2.05) is 12.3 Å². The lowest BCUT2D eigenvalue weighted by atomic mass is 10.2. The molecule has 32 heavy (non-hydrogen) atoms. The van der Waals surface area contributed by atoms with Crippen molar-refractivity contribution in [2.45, 2.75) is 50.3 Å². The van der Waals surface area contributed by atoms with E-state index >= 15 is 0 Å². The van der Waals surface area contributed by atoms with Gasteiger partial charge in [-0.3, -0.25) is 9.59 Å². The van der Waals surface area contributed by atoms with Crippen LogP contribution in [0, 0.1) is 0 Å². The van der Waals surface area contributed by atoms with Crippen LogP contribution in [0.15, 0.2) is 35.4 Å². The Bertz CT molecular complexity index is 1210. The molecule has 1 amide bonds. The molecule has 2 saturated carbocycles. The Morgan fingerprint density at radius 3 is 2.84 bits per heavy atom. The van der Waals surface area contributed by atoms with Gasteiger partial charge in [-0.25, -0.2) is 4.98 Å². The minimum atomic E-state index is -0.192. The molecule has 3 heterocycles. The van der Waals surface area contributed by atoms with Gasteiger partial charge in [-0.2, -0.15) is 9.61 Å². The van der Waals surface area contributed by atoms with Gasteiger partial charge in [0.05, 0.1) is 18.3 Å². The van der Waals surface area contributed by atoms with Crippen molar-refractivity contribution in [1.82, 2.24) is 24.5 Å². The largest absolute Gasteiger partial charge is 0.379 e. The third kappa shape index (κ3) is 3.70. The molecule has 0 aliphatic heterocycles. The van der Waals surface area contributed by atoms with Crippen molar-refractivity contribution >= 4 is 28.9 Å². The normalized spacial score (nSPS) is 20.4. The average molecular weight is 438 g/mol. The van der Waals surface area contributed by atoms with Gasteiger partial charge >= 0.3 is 0 Å². The summed E-state index contributed by atoms with van der Waals surface area (Å²) in [5, 5.41) is 13.5. The minimum Gasteiger partial charge on any atom is -0.379 e. The standard InChI is InChI=1S/C22H27N7O3/c1-23-19-11-18(27-20-14(12-24-29(19)20)21(30)25-13-8-9-13)26-15-5-4-10-28(22(15)31)16-6-3-7-17(16)32-2/h4-5,10-13,16-17,23H,3,6-9H2,1-2H3,(H,25,30)(H,26,27)/t16-,17-/m0/s1. The number of anilines is 3. The average Bonchev–Trinajstić information content (AvgIpc) is 3.31. The van der Waals surface area contributed by atoms with E-state index in [9.17, 15) is 9.59 Å². The monoisotopic (exact) mass is 437 g/mol. The maximum absolute atomic E-state index is 13.2. The summed E-state index contributed by atoms with van der Waals surface area (Å²) in [6.45, 7) is 0. The first kappa shape index (κ1) is 20.5. The van der Waals surface area contributed by atoms with Gasteiger partial charge in [-0.15, -0.1) is 0 Å². The highest BCUT2D eigenvalue weighted by Gasteiger charge is 2.30. The number of hydrogen-bond donors (Lipinski definition) is 3. The fraction of sp³-hybridized carbons (Fsp3) is 0.455. The first-order chi connectivity index (χ1) is 15.6. The van der Waals surface area contributed by atoms with Gasteiger partial charge in [-0.1, -0.05) is 0 Å². The summed E-state index contributed by atoms with van der Waals surface area (Å²) in [6.07, 6.45) is 8.24. The van der Waals surface area contributed by atoms with Crippen LogP contribution in [-0.2, 0) is 4.74 Å². The smallest absolute Gasteiger partial charge is 0.274 e. The number of amides is 1. The molecule has 0 spiro atoms. The van der Waals surface area contributed by atoms with Crippen LogP contribution in [0.4, 0.5) is 17.3 Å². The summed E-state index contributed by atoms with van der Waals surface area (Å²) in [4.78, 5) is 30.4. The highest BCUT2D eigenvalue weighted by atomic mass is 16.5. The lowest BCUT2D eigenvalue weighted by Gasteiger charge is -2.21. The molecule has 0 saturated heterocycles. The number of aromatic nitrogens is 4. The molecule has 0 radical (unpaired) electrons. The Kier molecular flexibility index (Phi) is 5.30. The second kappa shape index (κ2) is 8.27. The van der Waals surface area contributed by atoms with E-state index in [1.165, 1.54) is 6.20 Å². The zero-order chi connectivity index (χ0) is 22.2.